The maximum absolute atomic E-state index is 12.7. The number of carbonyl (C=O) groups is 2. The number of carbonyl (C=O) groups excluding carboxylic acids is 2. The van der Waals surface area contributed by atoms with Crippen molar-refractivity contribution in [2.45, 2.75) is 43.4 Å². The van der Waals surface area contributed by atoms with Crippen LogP contribution in [0.1, 0.15) is 24.5 Å². The Morgan fingerprint density at radius 1 is 1.27 bits per heavy atom. The molecule has 1 saturated heterocycles. The molecule has 2 heterocycles. The highest BCUT2D eigenvalue weighted by atomic mass is 16.7. The number of imide groups is 1. The molecule has 5 atom stereocenters. The molecule has 33 heavy (non-hydrogen) atoms. The maximum Gasteiger partial charge on any atom is 0.419 e. The number of nitrogens with zero attached hydrogens (tertiary/aromatic N) is 2. The van der Waals surface area contributed by atoms with Crippen molar-refractivity contribution < 1.29 is 33.3 Å². The normalized spacial score (nSPS) is 30.8. The number of methoxy groups -OCH3 is 1. The minimum atomic E-state index is -0.770. The van der Waals surface area contributed by atoms with Crippen LogP contribution in [0.2, 0.25) is 0 Å². The van der Waals surface area contributed by atoms with Crippen molar-refractivity contribution in [3.8, 4) is 11.5 Å². The van der Waals surface area contributed by atoms with Crippen molar-refractivity contribution in [1.29, 1.82) is 0 Å². The smallest absolute Gasteiger partial charge is 0.419 e. The summed E-state index contributed by atoms with van der Waals surface area (Å²) in [6.45, 7) is 2.89. The molecule has 0 saturated carbocycles. The topological polar surface area (TPSA) is 86.8 Å². The minimum absolute atomic E-state index is 0.114. The summed E-state index contributed by atoms with van der Waals surface area (Å²) >= 11 is 0. The summed E-state index contributed by atoms with van der Waals surface area (Å²) in [5, 5.41) is 0. The summed E-state index contributed by atoms with van der Waals surface area (Å²) in [5.41, 5.74) is 2.09. The molecule has 1 aromatic carbocycles. The number of likely N-dealkylation sites (N-methyl/N-ethyl adjacent to an activating group) is 1. The number of likely N-dealkylation sites (tertiary alicyclic amines) is 1. The van der Waals surface area contributed by atoms with Crippen molar-refractivity contribution in [1.82, 2.24) is 9.80 Å². The first-order valence-electron chi connectivity index (χ1n) is 11.4. The van der Waals surface area contributed by atoms with E-state index in [1.165, 1.54) is 18.2 Å². The highest BCUT2D eigenvalue weighted by Crippen LogP contribution is 2.62. The van der Waals surface area contributed by atoms with Gasteiger partial charge in [0.2, 0.25) is 0 Å². The van der Waals surface area contributed by atoms with Crippen LogP contribution in [0.3, 0.4) is 0 Å². The zero-order valence-corrected chi connectivity index (χ0v) is 19.4. The van der Waals surface area contributed by atoms with E-state index in [-0.39, 0.29) is 24.7 Å². The van der Waals surface area contributed by atoms with E-state index >= 15 is 0 Å². The second-order valence-electron chi connectivity index (χ2n) is 9.08. The summed E-state index contributed by atoms with van der Waals surface area (Å²) in [6, 6.07) is 4.39. The van der Waals surface area contributed by atoms with Gasteiger partial charge in [0, 0.05) is 37.1 Å². The quantitative estimate of drug-likeness (QED) is 0.492. The van der Waals surface area contributed by atoms with Crippen LogP contribution in [-0.4, -0.2) is 81.4 Å². The number of benzene rings is 1. The number of amides is 2. The summed E-state index contributed by atoms with van der Waals surface area (Å²) < 4.78 is 28.3. The highest BCUT2D eigenvalue weighted by Gasteiger charge is 2.65. The van der Waals surface area contributed by atoms with E-state index in [1.54, 1.807) is 14.0 Å². The van der Waals surface area contributed by atoms with Crippen molar-refractivity contribution in [2.75, 3.05) is 41.1 Å². The van der Waals surface area contributed by atoms with Gasteiger partial charge in [0.05, 0.1) is 6.61 Å². The zero-order valence-electron chi connectivity index (χ0n) is 19.4. The van der Waals surface area contributed by atoms with Gasteiger partial charge >= 0.3 is 12.2 Å². The van der Waals surface area contributed by atoms with E-state index < -0.39 is 24.4 Å². The molecular formula is C24H30N2O7. The monoisotopic (exact) mass is 458 g/mol. The van der Waals surface area contributed by atoms with E-state index in [2.05, 4.69) is 24.1 Å². The Hall–Kier alpha value is -2.78. The molecule has 9 nitrogen and oxygen atoms in total. The van der Waals surface area contributed by atoms with Crippen LogP contribution in [0, 0.1) is 5.92 Å². The van der Waals surface area contributed by atoms with Crippen molar-refractivity contribution in [2.24, 2.45) is 5.92 Å². The molecule has 1 fully saturated rings. The van der Waals surface area contributed by atoms with E-state index in [1.807, 2.05) is 12.1 Å². The van der Waals surface area contributed by atoms with Gasteiger partial charge in [0.15, 0.2) is 24.4 Å². The molecular weight excluding hydrogens is 428 g/mol. The SMILES string of the molecule is CCOC(=O)N(C)C(=O)OC1C=C[C@H]2[C@H]3Cc4ccc(OCOC)c5c4[C@@]2(CCN3C)C1O5. The van der Waals surface area contributed by atoms with Gasteiger partial charge in [-0.1, -0.05) is 12.1 Å². The maximum atomic E-state index is 12.7. The Labute approximate surface area is 193 Å². The summed E-state index contributed by atoms with van der Waals surface area (Å²) in [6.07, 6.45) is 3.29. The number of rotatable bonds is 5. The predicted molar refractivity (Wildman–Crippen MR) is 117 cm³/mol. The summed E-state index contributed by atoms with van der Waals surface area (Å²) in [4.78, 5) is 28.0. The number of hydrogen-bond donors (Lipinski definition) is 0. The number of ether oxygens (including phenoxy) is 5. The molecule has 2 aliphatic carbocycles. The van der Waals surface area contributed by atoms with Gasteiger partial charge in [0.25, 0.3) is 0 Å². The van der Waals surface area contributed by atoms with E-state index in [0.29, 0.717) is 17.5 Å². The van der Waals surface area contributed by atoms with Crippen LogP contribution < -0.4 is 9.47 Å². The molecule has 0 radical (unpaired) electrons. The molecule has 2 unspecified atom stereocenters. The van der Waals surface area contributed by atoms with Crippen molar-refractivity contribution >= 4 is 12.2 Å². The van der Waals surface area contributed by atoms with Crippen LogP contribution in [0.25, 0.3) is 0 Å². The first-order chi connectivity index (χ1) is 15.9. The third kappa shape index (κ3) is 3.20. The Bertz CT molecular complexity index is 995. The molecule has 2 aliphatic heterocycles. The second kappa shape index (κ2) is 8.22. The van der Waals surface area contributed by atoms with E-state index in [4.69, 9.17) is 23.7 Å². The lowest BCUT2D eigenvalue weighted by Gasteiger charge is -2.56. The van der Waals surface area contributed by atoms with Gasteiger partial charge in [-0.05, 0) is 51.1 Å². The standard InChI is InChI=1S/C24H30N2O7/c1-5-30-22(27)26(3)23(28)32-18-9-7-15-16-12-14-6-8-17(31-13-29-4)20-19(14)24(15,21(18)33-20)10-11-25(16)2/h6-9,15-16,18,21H,5,10-13H2,1-4H3/t15-,16+,18?,21?,24-/m0/s1. The number of hydrogen-bond acceptors (Lipinski definition) is 8. The molecule has 1 aromatic rings. The van der Waals surface area contributed by atoms with Crippen molar-refractivity contribution in [3.63, 3.8) is 0 Å². The lowest BCUT2D eigenvalue weighted by molar-refractivity contribution is -0.0539. The largest absolute Gasteiger partial charge is 0.481 e. The minimum Gasteiger partial charge on any atom is -0.481 e. The van der Waals surface area contributed by atoms with E-state index in [0.717, 1.165) is 24.3 Å². The molecule has 9 heteroatoms. The van der Waals surface area contributed by atoms with Crippen LogP contribution in [-0.2, 0) is 26.0 Å². The fraction of sp³-hybridized carbons (Fsp3) is 0.583. The van der Waals surface area contributed by atoms with Crippen LogP contribution >= 0.6 is 0 Å². The second-order valence-corrected chi connectivity index (χ2v) is 9.08. The van der Waals surface area contributed by atoms with Crippen molar-refractivity contribution in [3.05, 3.63) is 35.4 Å². The van der Waals surface area contributed by atoms with Crippen LogP contribution in [0.4, 0.5) is 9.59 Å². The third-order valence-corrected chi connectivity index (χ3v) is 7.50. The Morgan fingerprint density at radius 3 is 2.85 bits per heavy atom. The van der Waals surface area contributed by atoms with Gasteiger partial charge in [-0.25, -0.2) is 14.5 Å². The Balaban J connectivity index is 1.52. The zero-order chi connectivity index (χ0) is 23.3. The van der Waals surface area contributed by atoms with Crippen LogP contribution in [0.5, 0.6) is 11.5 Å². The third-order valence-electron chi connectivity index (χ3n) is 7.50. The predicted octanol–water partition coefficient (Wildman–Crippen LogP) is 2.71. The Kier molecular flexibility index (Phi) is 5.49. The van der Waals surface area contributed by atoms with E-state index in [9.17, 15) is 9.59 Å². The molecule has 4 aliphatic rings. The lowest BCUT2D eigenvalue weighted by Crippen LogP contribution is -2.65. The first kappa shape index (κ1) is 22.0. The van der Waals surface area contributed by atoms with Gasteiger partial charge < -0.3 is 28.6 Å². The van der Waals surface area contributed by atoms with Gasteiger partial charge in [-0.2, -0.15) is 0 Å². The summed E-state index contributed by atoms with van der Waals surface area (Å²) in [5.74, 6) is 1.57. The molecule has 2 amide bonds. The fourth-order valence-electron chi connectivity index (χ4n) is 6.04. The number of piperidine rings is 1. The highest BCUT2D eigenvalue weighted by molar-refractivity contribution is 5.87. The molecule has 2 bridgehead atoms. The first-order valence-corrected chi connectivity index (χ1v) is 11.4. The molecule has 5 rings (SSSR count). The molecule has 1 spiro atoms. The summed E-state index contributed by atoms with van der Waals surface area (Å²) in [7, 11) is 5.09. The lowest BCUT2D eigenvalue weighted by atomic mass is 9.53. The fourth-order valence-corrected chi connectivity index (χ4v) is 6.04. The average molecular weight is 459 g/mol. The van der Waals surface area contributed by atoms with Crippen LogP contribution in [0.15, 0.2) is 24.3 Å². The Morgan fingerprint density at radius 2 is 2.09 bits per heavy atom. The molecule has 178 valence electrons. The van der Waals surface area contributed by atoms with Gasteiger partial charge in [0.1, 0.15) is 6.10 Å². The van der Waals surface area contributed by atoms with Gasteiger partial charge in [-0.15, -0.1) is 0 Å². The molecule has 0 N–H and O–H groups in total. The molecule has 0 aromatic heterocycles. The average Bonchev–Trinajstić information content (AvgIpc) is 3.16. The van der Waals surface area contributed by atoms with Gasteiger partial charge in [-0.3, -0.25) is 0 Å².